The summed E-state index contributed by atoms with van der Waals surface area (Å²) in [7, 11) is 0. The fourth-order valence-electron chi connectivity index (χ4n) is 1.67. The Balaban J connectivity index is 2.38. The summed E-state index contributed by atoms with van der Waals surface area (Å²) >= 11 is 0. The van der Waals surface area contributed by atoms with E-state index in [4.69, 9.17) is 0 Å². The molecule has 0 saturated carbocycles. The predicted octanol–water partition coefficient (Wildman–Crippen LogP) is 2.79. The van der Waals surface area contributed by atoms with Gasteiger partial charge in [0, 0.05) is 18.8 Å². The van der Waals surface area contributed by atoms with Crippen LogP contribution in [0.3, 0.4) is 0 Å². The number of allylic oxidation sites excluding steroid dienone is 2. The molecule has 0 bridgehead atoms. The van der Waals surface area contributed by atoms with Gasteiger partial charge in [0.15, 0.2) is 0 Å². The van der Waals surface area contributed by atoms with Crippen molar-refractivity contribution in [1.82, 2.24) is 4.90 Å². The van der Waals surface area contributed by atoms with Crippen molar-refractivity contribution < 1.29 is 0 Å². The highest BCUT2D eigenvalue weighted by Gasteiger charge is 2.08. The topological polar surface area (TPSA) is 3.24 Å². The average molecular weight is 153 g/mol. The van der Waals surface area contributed by atoms with E-state index in [2.05, 4.69) is 24.8 Å². The maximum absolute atomic E-state index is 2.51. The monoisotopic (exact) mass is 153 g/mol. The molecule has 0 radical (unpaired) electrons. The minimum absolute atomic E-state index is 1.17. The summed E-state index contributed by atoms with van der Waals surface area (Å²) in [5.74, 6) is 0. The first-order valence-corrected chi connectivity index (χ1v) is 4.76. The summed E-state index contributed by atoms with van der Waals surface area (Å²) in [6, 6.07) is 0. The Kier molecular flexibility index (Phi) is 3.47. The molecule has 1 fully saturated rings. The fourth-order valence-corrected chi connectivity index (χ4v) is 1.67. The van der Waals surface area contributed by atoms with Crippen molar-refractivity contribution in [3.05, 3.63) is 11.8 Å². The third kappa shape index (κ3) is 2.57. The van der Waals surface area contributed by atoms with Gasteiger partial charge in [-0.1, -0.05) is 13.0 Å². The Labute approximate surface area is 70.1 Å². The minimum Gasteiger partial charge on any atom is -0.375 e. The standard InChI is InChI=1S/C10H19N/c1-3-7-10(2)11-8-5-4-6-9-11/h7H,3-6,8-9H2,1-2H3. The Bertz CT molecular complexity index is 132. The number of hydrogen-bond donors (Lipinski definition) is 0. The summed E-state index contributed by atoms with van der Waals surface area (Å²) in [6.07, 6.45) is 7.69. The van der Waals surface area contributed by atoms with Crippen molar-refractivity contribution in [2.45, 2.75) is 39.5 Å². The molecule has 11 heavy (non-hydrogen) atoms. The van der Waals surface area contributed by atoms with Crippen LogP contribution in [-0.4, -0.2) is 18.0 Å². The van der Waals surface area contributed by atoms with E-state index in [1.54, 1.807) is 0 Å². The van der Waals surface area contributed by atoms with Gasteiger partial charge in [0.2, 0.25) is 0 Å². The SMILES string of the molecule is CCC=C(C)N1CCCCC1. The normalized spacial score (nSPS) is 20.5. The summed E-state index contributed by atoms with van der Waals surface area (Å²) < 4.78 is 0. The maximum Gasteiger partial charge on any atom is 0.0174 e. The zero-order valence-electron chi connectivity index (χ0n) is 7.77. The molecule has 0 N–H and O–H groups in total. The number of hydrogen-bond acceptors (Lipinski definition) is 1. The maximum atomic E-state index is 2.51. The van der Waals surface area contributed by atoms with Crippen molar-refractivity contribution >= 4 is 0 Å². The van der Waals surface area contributed by atoms with Gasteiger partial charge >= 0.3 is 0 Å². The molecular formula is C10H19N. The van der Waals surface area contributed by atoms with Crippen LogP contribution in [0.4, 0.5) is 0 Å². The predicted molar refractivity (Wildman–Crippen MR) is 49.5 cm³/mol. The quantitative estimate of drug-likeness (QED) is 0.589. The molecule has 0 aliphatic carbocycles. The van der Waals surface area contributed by atoms with Gasteiger partial charge in [0.05, 0.1) is 0 Å². The largest absolute Gasteiger partial charge is 0.375 e. The molecule has 1 heteroatoms. The van der Waals surface area contributed by atoms with Crippen LogP contribution >= 0.6 is 0 Å². The van der Waals surface area contributed by atoms with Crippen LogP contribution in [0.1, 0.15) is 39.5 Å². The second-order valence-corrected chi connectivity index (χ2v) is 3.30. The first-order chi connectivity index (χ1) is 5.34. The van der Waals surface area contributed by atoms with E-state index in [1.807, 2.05) is 0 Å². The summed E-state index contributed by atoms with van der Waals surface area (Å²) in [5, 5.41) is 0. The molecule has 1 saturated heterocycles. The van der Waals surface area contributed by atoms with Crippen LogP contribution in [-0.2, 0) is 0 Å². The van der Waals surface area contributed by atoms with Crippen molar-refractivity contribution in [3.8, 4) is 0 Å². The van der Waals surface area contributed by atoms with Crippen LogP contribution < -0.4 is 0 Å². The molecule has 1 nitrogen and oxygen atoms in total. The van der Waals surface area contributed by atoms with Crippen molar-refractivity contribution in [3.63, 3.8) is 0 Å². The number of rotatable bonds is 2. The van der Waals surface area contributed by atoms with Crippen molar-refractivity contribution in [1.29, 1.82) is 0 Å². The van der Waals surface area contributed by atoms with Crippen LogP contribution in [0.2, 0.25) is 0 Å². The molecule has 0 unspecified atom stereocenters. The Morgan fingerprint density at radius 2 is 1.91 bits per heavy atom. The highest BCUT2D eigenvalue weighted by atomic mass is 15.1. The lowest BCUT2D eigenvalue weighted by atomic mass is 10.1. The molecule has 64 valence electrons. The Morgan fingerprint density at radius 3 is 2.45 bits per heavy atom. The molecule has 0 aromatic carbocycles. The highest BCUT2D eigenvalue weighted by Crippen LogP contribution is 2.14. The zero-order chi connectivity index (χ0) is 8.10. The van der Waals surface area contributed by atoms with E-state index < -0.39 is 0 Å². The van der Waals surface area contributed by atoms with E-state index in [-0.39, 0.29) is 0 Å². The smallest absolute Gasteiger partial charge is 0.0174 e. The van der Waals surface area contributed by atoms with E-state index in [0.29, 0.717) is 0 Å². The minimum atomic E-state index is 1.17. The third-order valence-corrected chi connectivity index (χ3v) is 2.35. The van der Waals surface area contributed by atoms with Gasteiger partial charge < -0.3 is 4.90 Å². The third-order valence-electron chi connectivity index (χ3n) is 2.35. The highest BCUT2D eigenvalue weighted by molar-refractivity contribution is 4.97. The first-order valence-electron chi connectivity index (χ1n) is 4.76. The first kappa shape index (κ1) is 8.63. The summed E-state index contributed by atoms with van der Waals surface area (Å²) in [5.41, 5.74) is 1.48. The van der Waals surface area contributed by atoms with Gasteiger partial charge in [-0.05, 0) is 32.6 Å². The lowest BCUT2D eigenvalue weighted by Gasteiger charge is -2.29. The molecular weight excluding hydrogens is 134 g/mol. The van der Waals surface area contributed by atoms with E-state index in [0.717, 1.165) is 0 Å². The van der Waals surface area contributed by atoms with Gasteiger partial charge in [-0.25, -0.2) is 0 Å². The van der Waals surface area contributed by atoms with E-state index in [9.17, 15) is 0 Å². The van der Waals surface area contributed by atoms with Gasteiger partial charge in [-0.2, -0.15) is 0 Å². The fraction of sp³-hybridized carbons (Fsp3) is 0.800. The molecule has 1 aliphatic rings. The lowest BCUT2D eigenvalue weighted by molar-refractivity contribution is 0.285. The van der Waals surface area contributed by atoms with Gasteiger partial charge in [-0.15, -0.1) is 0 Å². The molecule has 0 aromatic heterocycles. The molecule has 0 aromatic rings. The average Bonchev–Trinajstić information content (AvgIpc) is 2.07. The van der Waals surface area contributed by atoms with Crippen LogP contribution in [0, 0.1) is 0 Å². The van der Waals surface area contributed by atoms with Gasteiger partial charge in [-0.3, -0.25) is 0 Å². The zero-order valence-corrected chi connectivity index (χ0v) is 7.77. The second-order valence-electron chi connectivity index (χ2n) is 3.30. The van der Waals surface area contributed by atoms with Crippen LogP contribution in [0.15, 0.2) is 11.8 Å². The molecule has 1 rings (SSSR count). The molecule has 1 heterocycles. The summed E-state index contributed by atoms with van der Waals surface area (Å²) in [6.45, 7) is 6.99. The lowest BCUT2D eigenvalue weighted by Crippen LogP contribution is -2.27. The summed E-state index contributed by atoms with van der Waals surface area (Å²) in [4.78, 5) is 2.51. The molecule has 0 spiro atoms. The Morgan fingerprint density at radius 1 is 1.27 bits per heavy atom. The van der Waals surface area contributed by atoms with Gasteiger partial charge in [0.25, 0.3) is 0 Å². The van der Waals surface area contributed by atoms with E-state index in [1.165, 1.54) is 44.5 Å². The molecule has 1 aliphatic heterocycles. The molecule has 0 atom stereocenters. The Hall–Kier alpha value is -0.460. The van der Waals surface area contributed by atoms with Crippen LogP contribution in [0.5, 0.6) is 0 Å². The van der Waals surface area contributed by atoms with Crippen LogP contribution in [0.25, 0.3) is 0 Å². The van der Waals surface area contributed by atoms with Crippen molar-refractivity contribution in [2.24, 2.45) is 0 Å². The number of piperidine rings is 1. The second kappa shape index (κ2) is 4.42. The number of likely N-dealkylation sites (tertiary alicyclic amines) is 1. The number of nitrogens with zero attached hydrogens (tertiary/aromatic N) is 1. The van der Waals surface area contributed by atoms with E-state index >= 15 is 0 Å². The van der Waals surface area contributed by atoms with Gasteiger partial charge in [0.1, 0.15) is 0 Å². The molecule has 0 amide bonds. The van der Waals surface area contributed by atoms with Crippen molar-refractivity contribution in [2.75, 3.05) is 13.1 Å².